The maximum Gasteiger partial charge on any atom is 0.111 e. The summed E-state index contributed by atoms with van der Waals surface area (Å²) < 4.78 is 0. The van der Waals surface area contributed by atoms with Gasteiger partial charge in [0.05, 0.1) is 24.1 Å². The van der Waals surface area contributed by atoms with Crippen molar-refractivity contribution in [2.24, 2.45) is 0 Å². The number of rotatable bonds is 7. The molecule has 0 aliphatic rings. The van der Waals surface area contributed by atoms with Crippen LogP contribution in [0.2, 0.25) is 0 Å². The van der Waals surface area contributed by atoms with Crippen LogP contribution in [0.4, 0.5) is 17.1 Å². The van der Waals surface area contributed by atoms with Crippen LogP contribution in [0.15, 0.2) is 18.2 Å². The summed E-state index contributed by atoms with van der Waals surface area (Å²) in [6.07, 6.45) is -6.09. The summed E-state index contributed by atoms with van der Waals surface area (Å²) in [5.74, 6) is 0. The predicted molar refractivity (Wildman–Crippen MR) is 79.6 cm³/mol. The number of benzene rings is 1. The van der Waals surface area contributed by atoms with Crippen LogP contribution < -0.4 is 16.4 Å². The molecule has 1 aromatic carbocycles. The topological polar surface area (TPSA) is 156 Å². The summed E-state index contributed by atoms with van der Waals surface area (Å²) in [6.45, 7) is -0.727. The van der Waals surface area contributed by atoms with Crippen molar-refractivity contribution in [3.63, 3.8) is 0 Å². The first-order valence-electron chi connectivity index (χ1n) is 6.47. The Kier molecular flexibility index (Phi) is 6.19. The molecule has 0 saturated heterocycles. The van der Waals surface area contributed by atoms with Crippen LogP contribution in [0.5, 0.6) is 0 Å². The molecule has 0 aromatic heterocycles. The molecule has 0 saturated carbocycles. The van der Waals surface area contributed by atoms with Gasteiger partial charge in [0.1, 0.15) is 18.3 Å². The van der Waals surface area contributed by atoms with Crippen LogP contribution in [0.25, 0.3) is 0 Å². The van der Waals surface area contributed by atoms with E-state index in [0.717, 1.165) is 0 Å². The van der Waals surface area contributed by atoms with E-state index in [2.05, 4.69) is 0 Å². The van der Waals surface area contributed by atoms with E-state index in [4.69, 9.17) is 16.6 Å². The molecule has 8 nitrogen and oxygen atoms in total. The minimum atomic E-state index is -1.64. The summed E-state index contributed by atoms with van der Waals surface area (Å²) in [5, 5.41) is 47.1. The Bertz CT molecular complexity index is 459. The molecule has 1 aromatic rings. The van der Waals surface area contributed by atoms with E-state index < -0.39 is 31.0 Å². The van der Waals surface area contributed by atoms with Crippen molar-refractivity contribution in [1.29, 1.82) is 0 Å². The second-order valence-electron chi connectivity index (χ2n) is 4.99. The maximum atomic E-state index is 9.89. The number of nitrogen functional groups attached to an aromatic ring is 2. The molecule has 1 rings (SSSR count). The van der Waals surface area contributed by atoms with Crippen molar-refractivity contribution < 1.29 is 25.5 Å². The average Bonchev–Trinajstić information content (AvgIpc) is 2.47. The van der Waals surface area contributed by atoms with Crippen molar-refractivity contribution >= 4 is 17.1 Å². The Morgan fingerprint density at radius 1 is 1.00 bits per heavy atom. The Morgan fingerprint density at radius 3 is 2.10 bits per heavy atom. The van der Waals surface area contributed by atoms with Gasteiger partial charge in [-0.25, -0.2) is 0 Å². The third-order valence-corrected chi connectivity index (χ3v) is 3.30. The van der Waals surface area contributed by atoms with E-state index in [1.54, 1.807) is 30.1 Å². The van der Waals surface area contributed by atoms with Gasteiger partial charge in [0.25, 0.3) is 0 Å². The molecule has 0 fully saturated rings. The van der Waals surface area contributed by atoms with Gasteiger partial charge in [0.15, 0.2) is 0 Å². The molecular weight excluding hydrogens is 278 g/mol. The highest BCUT2D eigenvalue weighted by atomic mass is 16.4. The Labute approximate surface area is 122 Å². The van der Waals surface area contributed by atoms with Gasteiger partial charge in [0, 0.05) is 19.3 Å². The largest absolute Gasteiger partial charge is 0.397 e. The lowest BCUT2D eigenvalue weighted by Crippen LogP contribution is -2.49. The Balaban J connectivity index is 2.68. The molecule has 0 radical (unpaired) electrons. The lowest BCUT2D eigenvalue weighted by Gasteiger charge is -2.29. The number of aliphatic hydroxyl groups excluding tert-OH is 5. The van der Waals surface area contributed by atoms with Crippen LogP contribution in [0, 0.1) is 0 Å². The van der Waals surface area contributed by atoms with Crippen LogP contribution in [0.3, 0.4) is 0 Å². The molecular formula is C13H23N3O5. The summed E-state index contributed by atoms with van der Waals surface area (Å²) in [6, 6.07) is 4.94. The standard InChI is InChI=1S/C13H23N3O5/c1-16(7-2-3-8(14)9(15)4-7)5-10(18)12(20)13(21)11(19)6-17/h2-4,10-13,17-21H,5-6,14-15H2,1H3. The molecule has 0 spiro atoms. The zero-order chi connectivity index (χ0) is 16.2. The highest BCUT2D eigenvalue weighted by Gasteiger charge is 2.30. The number of likely N-dealkylation sites (N-methyl/N-ethyl adjacent to an activating group) is 1. The molecule has 4 unspecified atom stereocenters. The minimum absolute atomic E-state index is 0.0142. The lowest BCUT2D eigenvalue weighted by molar-refractivity contribution is -0.112. The van der Waals surface area contributed by atoms with E-state index in [9.17, 15) is 20.4 Å². The third-order valence-electron chi connectivity index (χ3n) is 3.30. The van der Waals surface area contributed by atoms with E-state index in [1.165, 1.54) is 0 Å². The first-order valence-corrected chi connectivity index (χ1v) is 6.47. The van der Waals surface area contributed by atoms with Crippen LogP contribution in [0.1, 0.15) is 0 Å². The van der Waals surface area contributed by atoms with Crippen LogP contribution in [-0.4, -0.2) is 70.1 Å². The number of aliphatic hydroxyl groups is 5. The molecule has 21 heavy (non-hydrogen) atoms. The van der Waals surface area contributed by atoms with Crippen molar-refractivity contribution in [3.05, 3.63) is 18.2 Å². The quantitative estimate of drug-likeness (QED) is 0.278. The van der Waals surface area contributed by atoms with Gasteiger partial charge in [-0.05, 0) is 18.2 Å². The molecule has 0 bridgehead atoms. The zero-order valence-corrected chi connectivity index (χ0v) is 11.8. The van der Waals surface area contributed by atoms with Gasteiger partial charge < -0.3 is 41.9 Å². The smallest absolute Gasteiger partial charge is 0.111 e. The summed E-state index contributed by atoms with van der Waals surface area (Å²) in [5.41, 5.74) is 12.8. The predicted octanol–water partition coefficient (Wildman–Crippen LogP) is -2.28. The Hall–Kier alpha value is -1.58. The van der Waals surface area contributed by atoms with E-state index >= 15 is 0 Å². The number of nitrogens with zero attached hydrogens (tertiary/aromatic N) is 1. The fraction of sp³-hybridized carbons (Fsp3) is 0.538. The monoisotopic (exact) mass is 301 g/mol. The molecule has 0 aliphatic carbocycles. The molecule has 0 amide bonds. The fourth-order valence-corrected chi connectivity index (χ4v) is 1.86. The SMILES string of the molecule is CN(CC(O)C(O)C(O)C(O)CO)c1ccc(N)c(N)c1. The van der Waals surface area contributed by atoms with Gasteiger partial charge in [-0.3, -0.25) is 0 Å². The zero-order valence-electron chi connectivity index (χ0n) is 11.8. The van der Waals surface area contributed by atoms with Gasteiger partial charge in [0.2, 0.25) is 0 Å². The summed E-state index contributed by atoms with van der Waals surface area (Å²) in [7, 11) is 1.66. The van der Waals surface area contributed by atoms with Crippen LogP contribution in [-0.2, 0) is 0 Å². The lowest BCUT2D eigenvalue weighted by atomic mass is 10.0. The number of nitrogens with two attached hydrogens (primary N) is 2. The second-order valence-corrected chi connectivity index (χ2v) is 4.99. The molecule has 0 aliphatic heterocycles. The van der Waals surface area contributed by atoms with Crippen molar-refractivity contribution in [3.8, 4) is 0 Å². The normalized spacial score (nSPS) is 17.0. The molecule has 120 valence electrons. The van der Waals surface area contributed by atoms with Crippen LogP contribution >= 0.6 is 0 Å². The van der Waals surface area contributed by atoms with E-state index in [0.29, 0.717) is 17.1 Å². The highest BCUT2D eigenvalue weighted by Crippen LogP contribution is 2.22. The first kappa shape index (κ1) is 17.5. The average molecular weight is 301 g/mol. The summed E-state index contributed by atoms with van der Waals surface area (Å²) in [4.78, 5) is 1.61. The van der Waals surface area contributed by atoms with Gasteiger partial charge >= 0.3 is 0 Å². The maximum absolute atomic E-state index is 9.89. The van der Waals surface area contributed by atoms with Crippen molar-refractivity contribution in [1.82, 2.24) is 0 Å². The minimum Gasteiger partial charge on any atom is -0.397 e. The highest BCUT2D eigenvalue weighted by molar-refractivity contribution is 5.69. The number of anilines is 3. The summed E-state index contributed by atoms with van der Waals surface area (Å²) >= 11 is 0. The molecule has 0 heterocycles. The second kappa shape index (κ2) is 7.43. The number of hydrogen-bond donors (Lipinski definition) is 7. The molecule has 9 N–H and O–H groups in total. The van der Waals surface area contributed by atoms with Gasteiger partial charge in [-0.2, -0.15) is 0 Å². The molecule has 4 atom stereocenters. The van der Waals surface area contributed by atoms with Gasteiger partial charge in [-0.15, -0.1) is 0 Å². The third kappa shape index (κ3) is 4.45. The molecule has 8 heteroatoms. The first-order chi connectivity index (χ1) is 9.77. The Morgan fingerprint density at radius 2 is 1.57 bits per heavy atom. The number of hydrogen-bond acceptors (Lipinski definition) is 8. The van der Waals surface area contributed by atoms with E-state index in [-0.39, 0.29) is 6.54 Å². The van der Waals surface area contributed by atoms with Crippen molar-refractivity contribution in [2.75, 3.05) is 36.6 Å². The van der Waals surface area contributed by atoms with E-state index in [1.807, 2.05) is 0 Å². The fourth-order valence-electron chi connectivity index (χ4n) is 1.86. The van der Waals surface area contributed by atoms with Gasteiger partial charge in [-0.1, -0.05) is 0 Å². The van der Waals surface area contributed by atoms with Crippen molar-refractivity contribution in [2.45, 2.75) is 24.4 Å².